The third kappa shape index (κ3) is 2.91. The van der Waals surface area contributed by atoms with Gasteiger partial charge >= 0.3 is 5.97 Å². The molecule has 2 aromatic carbocycles. The third-order valence-corrected chi connectivity index (χ3v) is 2.85. The molecular weight excluding hydrogens is 256 g/mol. The lowest BCUT2D eigenvalue weighted by Crippen LogP contribution is -2.12. The van der Waals surface area contributed by atoms with Crippen molar-refractivity contribution < 1.29 is 19.0 Å². The topological polar surface area (TPSA) is 44.8 Å². The van der Waals surface area contributed by atoms with Crippen molar-refractivity contribution in [3.8, 4) is 5.75 Å². The second-order valence-corrected chi connectivity index (χ2v) is 4.17. The van der Waals surface area contributed by atoms with Crippen molar-refractivity contribution >= 4 is 16.7 Å². The lowest BCUT2D eigenvalue weighted by Gasteiger charge is -2.14. The van der Waals surface area contributed by atoms with Gasteiger partial charge in [0.05, 0.1) is 18.9 Å². The Balaban J connectivity index is 2.36. The standard InChI is InChI=1S/C16H16O4/c1-4-19-11(2)20-13-8-9-14-12(10-13)6-5-7-15(14)16(17)18-3/h4-11H,1H2,2-3H3. The normalized spacial score (nSPS) is 11.7. The summed E-state index contributed by atoms with van der Waals surface area (Å²) in [6.07, 6.45) is 0.912. The van der Waals surface area contributed by atoms with Gasteiger partial charge in [-0.25, -0.2) is 4.79 Å². The van der Waals surface area contributed by atoms with Crippen LogP contribution in [0.2, 0.25) is 0 Å². The van der Waals surface area contributed by atoms with E-state index in [2.05, 4.69) is 6.58 Å². The first-order valence-corrected chi connectivity index (χ1v) is 6.20. The van der Waals surface area contributed by atoms with E-state index in [-0.39, 0.29) is 5.97 Å². The highest BCUT2D eigenvalue weighted by atomic mass is 16.7. The van der Waals surface area contributed by atoms with Gasteiger partial charge in [0.15, 0.2) is 0 Å². The lowest BCUT2D eigenvalue weighted by atomic mass is 10.0. The molecule has 0 aromatic heterocycles. The molecule has 4 heteroatoms. The largest absolute Gasteiger partial charge is 0.465 e. The zero-order chi connectivity index (χ0) is 14.5. The Morgan fingerprint density at radius 3 is 2.80 bits per heavy atom. The maximum absolute atomic E-state index is 11.7. The van der Waals surface area contributed by atoms with Gasteiger partial charge in [-0.2, -0.15) is 0 Å². The minimum atomic E-state index is -0.422. The molecule has 1 atom stereocenters. The molecule has 4 nitrogen and oxygen atoms in total. The SMILES string of the molecule is C=COC(C)Oc1ccc2c(C(=O)OC)cccc2c1. The Labute approximate surface area is 117 Å². The summed E-state index contributed by atoms with van der Waals surface area (Å²) in [5, 5.41) is 1.72. The molecule has 0 heterocycles. The van der Waals surface area contributed by atoms with Crippen LogP contribution in [0.5, 0.6) is 5.75 Å². The van der Waals surface area contributed by atoms with Crippen molar-refractivity contribution in [3.05, 3.63) is 54.8 Å². The summed E-state index contributed by atoms with van der Waals surface area (Å²) in [6, 6.07) is 10.9. The quantitative estimate of drug-likeness (QED) is 0.474. The Morgan fingerprint density at radius 1 is 1.30 bits per heavy atom. The third-order valence-electron chi connectivity index (χ3n) is 2.85. The Morgan fingerprint density at radius 2 is 2.10 bits per heavy atom. The molecule has 2 rings (SSSR count). The predicted octanol–water partition coefficient (Wildman–Crippen LogP) is 3.51. The molecule has 0 saturated heterocycles. The molecule has 0 radical (unpaired) electrons. The van der Waals surface area contributed by atoms with Crippen molar-refractivity contribution in [2.45, 2.75) is 13.2 Å². The van der Waals surface area contributed by atoms with E-state index in [0.717, 1.165) is 10.8 Å². The molecule has 0 aliphatic heterocycles. The van der Waals surface area contributed by atoms with Gasteiger partial charge < -0.3 is 14.2 Å². The van der Waals surface area contributed by atoms with Crippen LogP contribution in [0.3, 0.4) is 0 Å². The number of ether oxygens (including phenoxy) is 3. The van der Waals surface area contributed by atoms with E-state index in [4.69, 9.17) is 14.2 Å². The maximum Gasteiger partial charge on any atom is 0.338 e. The highest BCUT2D eigenvalue weighted by molar-refractivity contribution is 6.04. The smallest absolute Gasteiger partial charge is 0.338 e. The molecule has 2 aromatic rings. The molecular formula is C16H16O4. The number of esters is 1. The van der Waals surface area contributed by atoms with Crippen LogP contribution in [0.15, 0.2) is 49.2 Å². The van der Waals surface area contributed by atoms with Crippen LogP contribution in [0.4, 0.5) is 0 Å². The number of benzene rings is 2. The molecule has 0 fully saturated rings. The first-order valence-electron chi connectivity index (χ1n) is 6.20. The fourth-order valence-electron chi connectivity index (χ4n) is 1.98. The van der Waals surface area contributed by atoms with Crippen molar-refractivity contribution in [3.63, 3.8) is 0 Å². The maximum atomic E-state index is 11.7. The van der Waals surface area contributed by atoms with Gasteiger partial charge in [0.25, 0.3) is 0 Å². The van der Waals surface area contributed by atoms with Gasteiger partial charge in [-0.1, -0.05) is 18.7 Å². The molecule has 0 bridgehead atoms. The van der Waals surface area contributed by atoms with Crippen molar-refractivity contribution in [1.29, 1.82) is 0 Å². The fourth-order valence-corrected chi connectivity index (χ4v) is 1.98. The molecule has 20 heavy (non-hydrogen) atoms. The average Bonchev–Trinajstić information content (AvgIpc) is 2.45. The van der Waals surface area contributed by atoms with Gasteiger partial charge in [-0.05, 0) is 35.0 Å². The highest BCUT2D eigenvalue weighted by Crippen LogP contribution is 2.25. The first kappa shape index (κ1) is 13.9. The molecule has 1 unspecified atom stereocenters. The summed E-state index contributed by atoms with van der Waals surface area (Å²) in [4.78, 5) is 11.7. The minimum Gasteiger partial charge on any atom is -0.465 e. The molecule has 0 aliphatic carbocycles. The number of hydrogen-bond acceptors (Lipinski definition) is 4. The number of rotatable bonds is 5. The Hall–Kier alpha value is -2.49. The number of fused-ring (bicyclic) bond motifs is 1. The van der Waals surface area contributed by atoms with Crippen molar-refractivity contribution in [2.24, 2.45) is 0 Å². The monoisotopic (exact) mass is 272 g/mol. The number of carbonyl (C=O) groups excluding carboxylic acids is 1. The van der Waals surface area contributed by atoms with E-state index in [1.807, 2.05) is 24.3 Å². The second-order valence-electron chi connectivity index (χ2n) is 4.17. The van der Waals surface area contributed by atoms with Gasteiger partial charge in [-0.15, -0.1) is 0 Å². The Kier molecular flexibility index (Phi) is 4.25. The average molecular weight is 272 g/mol. The Bertz CT molecular complexity index is 633. The van der Waals surface area contributed by atoms with Crippen LogP contribution in [0.25, 0.3) is 10.8 Å². The second kappa shape index (κ2) is 6.10. The molecule has 0 aliphatic rings. The van der Waals surface area contributed by atoms with Crippen LogP contribution < -0.4 is 4.74 Å². The van der Waals surface area contributed by atoms with Gasteiger partial charge in [0.2, 0.25) is 6.29 Å². The molecule has 104 valence electrons. The first-order chi connectivity index (χ1) is 9.65. The van der Waals surface area contributed by atoms with Crippen molar-refractivity contribution in [2.75, 3.05) is 7.11 Å². The van der Waals surface area contributed by atoms with Crippen LogP contribution in [0, 0.1) is 0 Å². The minimum absolute atomic E-state index is 0.354. The zero-order valence-electron chi connectivity index (χ0n) is 11.5. The van der Waals surface area contributed by atoms with Crippen LogP contribution in [0.1, 0.15) is 17.3 Å². The van der Waals surface area contributed by atoms with E-state index in [1.165, 1.54) is 13.4 Å². The number of carbonyl (C=O) groups is 1. The van der Waals surface area contributed by atoms with Gasteiger partial charge in [-0.3, -0.25) is 0 Å². The van der Waals surface area contributed by atoms with E-state index in [1.54, 1.807) is 19.1 Å². The summed E-state index contributed by atoms with van der Waals surface area (Å²) in [5.41, 5.74) is 0.534. The van der Waals surface area contributed by atoms with E-state index < -0.39 is 6.29 Å². The van der Waals surface area contributed by atoms with Crippen molar-refractivity contribution in [1.82, 2.24) is 0 Å². The summed E-state index contributed by atoms with van der Waals surface area (Å²) in [5.74, 6) is 0.307. The van der Waals surface area contributed by atoms with Crippen LogP contribution in [-0.2, 0) is 9.47 Å². The highest BCUT2D eigenvalue weighted by Gasteiger charge is 2.11. The summed E-state index contributed by atoms with van der Waals surface area (Å²) in [6.45, 7) is 5.25. The van der Waals surface area contributed by atoms with Crippen LogP contribution >= 0.6 is 0 Å². The molecule has 0 saturated carbocycles. The number of methoxy groups -OCH3 is 1. The summed E-state index contributed by atoms with van der Waals surface area (Å²) >= 11 is 0. The van der Waals surface area contributed by atoms with Gasteiger partial charge in [0, 0.05) is 6.92 Å². The summed E-state index contributed by atoms with van der Waals surface area (Å²) in [7, 11) is 1.37. The molecule has 0 amide bonds. The molecule has 0 spiro atoms. The van der Waals surface area contributed by atoms with Gasteiger partial charge in [0.1, 0.15) is 5.75 Å². The molecule has 0 N–H and O–H groups in total. The van der Waals surface area contributed by atoms with E-state index >= 15 is 0 Å². The zero-order valence-corrected chi connectivity index (χ0v) is 11.5. The van der Waals surface area contributed by atoms with E-state index in [9.17, 15) is 4.79 Å². The number of hydrogen-bond donors (Lipinski definition) is 0. The fraction of sp³-hybridized carbons (Fsp3) is 0.188. The predicted molar refractivity (Wildman–Crippen MR) is 76.7 cm³/mol. The lowest BCUT2D eigenvalue weighted by molar-refractivity contribution is -0.0130. The summed E-state index contributed by atoms with van der Waals surface area (Å²) < 4.78 is 15.5. The van der Waals surface area contributed by atoms with Crippen LogP contribution in [-0.4, -0.2) is 19.4 Å². The van der Waals surface area contributed by atoms with E-state index in [0.29, 0.717) is 11.3 Å².